The summed E-state index contributed by atoms with van der Waals surface area (Å²) in [7, 11) is 4.17. The second-order valence-corrected chi connectivity index (χ2v) is 6.09. The van der Waals surface area contributed by atoms with Gasteiger partial charge in [0.1, 0.15) is 5.82 Å². The van der Waals surface area contributed by atoms with Gasteiger partial charge in [0.05, 0.1) is 11.8 Å². The maximum absolute atomic E-state index is 13.2. The molecule has 130 valence electrons. The van der Waals surface area contributed by atoms with Crippen molar-refractivity contribution in [1.29, 1.82) is 0 Å². The van der Waals surface area contributed by atoms with Crippen LogP contribution in [0.4, 0.5) is 4.39 Å². The zero-order valence-corrected chi connectivity index (χ0v) is 15.5. The Morgan fingerprint density at radius 2 is 1.71 bits per heavy atom. The van der Waals surface area contributed by atoms with E-state index in [1.807, 2.05) is 18.2 Å². The number of halogens is 3. The van der Waals surface area contributed by atoms with Crippen LogP contribution < -0.4 is 0 Å². The molecule has 0 saturated heterocycles. The molecule has 1 aliphatic heterocycles. The summed E-state index contributed by atoms with van der Waals surface area (Å²) in [6, 6.07) is 15.3. The van der Waals surface area contributed by atoms with Crippen LogP contribution in [-0.2, 0) is 6.42 Å². The van der Waals surface area contributed by atoms with Gasteiger partial charge in [0.15, 0.2) is 0 Å². The van der Waals surface area contributed by atoms with Crippen LogP contribution in [0.25, 0.3) is 0 Å². The zero-order valence-electron chi connectivity index (χ0n) is 13.9. The smallest absolute Gasteiger partial charge is 0.123 e. The summed E-state index contributed by atoms with van der Waals surface area (Å²) >= 11 is 0. The number of rotatable bonds is 4. The van der Waals surface area contributed by atoms with Gasteiger partial charge < -0.3 is 4.90 Å². The Balaban J connectivity index is 0.00000144. The van der Waals surface area contributed by atoms with E-state index < -0.39 is 0 Å². The standard InChI is InChI=1S/C19H21FN2.2ClH/c1-22(2)12-11-17-13-15-5-3-4-6-18(15)19(21-17)14-7-9-16(20)10-8-14;;/h3-10,17H,11-13H2,1-2H3;2*1H. The maximum Gasteiger partial charge on any atom is 0.123 e. The molecule has 0 aromatic heterocycles. The number of hydrogen-bond donors (Lipinski definition) is 0. The quantitative estimate of drug-likeness (QED) is 0.781. The first-order valence-electron chi connectivity index (χ1n) is 7.70. The number of fused-ring (bicyclic) bond motifs is 1. The van der Waals surface area contributed by atoms with Crippen LogP contribution in [0.2, 0.25) is 0 Å². The third-order valence-corrected chi connectivity index (χ3v) is 4.07. The third-order valence-electron chi connectivity index (χ3n) is 4.07. The highest BCUT2D eigenvalue weighted by atomic mass is 35.5. The first kappa shape index (κ1) is 20.6. The molecule has 0 fully saturated rings. The Morgan fingerprint density at radius 1 is 1.04 bits per heavy atom. The molecule has 1 unspecified atom stereocenters. The van der Waals surface area contributed by atoms with Crippen LogP contribution in [0.15, 0.2) is 53.5 Å². The molecule has 1 aliphatic rings. The van der Waals surface area contributed by atoms with Gasteiger partial charge in [-0.3, -0.25) is 4.99 Å². The topological polar surface area (TPSA) is 15.6 Å². The molecule has 2 nitrogen and oxygen atoms in total. The molecule has 0 amide bonds. The first-order valence-corrected chi connectivity index (χ1v) is 7.70. The molecule has 0 N–H and O–H groups in total. The van der Waals surface area contributed by atoms with Gasteiger partial charge in [-0.15, -0.1) is 24.8 Å². The third kappa shape index (κ3) is 4.79. The van der Waals surface area contributed by atoms with E-state index in [9.17, 15) is 4.39 Å². The Labute approximate surface area is 155 Å². The van der Waals surface area contributed by atoms with Crippen molar-refractivity contribution in [2.75, 3.05) is 20.6 Å². The van der Waals surface area contributed by atoms with Crippen LogP contribution in [0.3, 0.4) is 0 Å². The molecule has 2 aromatic carbocycles. The average Bonchev–Trinajstić information content (AvgIpc) is 2.53. The van der Waals surface area contributed by atoms with E-state index in [1.54, 1.807) is 0 Å². The first-order chi connectivity index (χ1) is 10.6. The number of nitrogens with zero attached hydrogens (tertiary/aromatic N) is 2. The normalized spacial score (nSPS) is 15.8. The van der Waals surface area contributed by atoms with E-state index in [4.69, 9.17) is 4.99 Å². The van der Waals surface area contributed by atoms with E-state index in [-0.39, 0.29) is 36.7 Å². The molecule has 2 aromatic rings. The number of benzene rings is 2. The number of hydrogen-bond acceptors (Lipinski definition) is 2. The van der Waals surface area contributed by atoms with Gasteiger partial charge in [0.2, 0.25) is 0 Å². The Hall–Kier alpha value is -1.42. The van der Waals surface area contributed by atoms with Gasteiger partial charge in [-0.25, -0.2) is 4.39 Å². The molecule has 1 atom stereocenters. The van der Waals surface area contributed by atoms with Crippen molar-refractivity contribution >= 4 is 30.5 Å². The lowest BCUT2D eigenvalue weighted by Crippen LogP contribution is -2.25. The highest BCUT2D eigenvalue weighted by Gasteiger charge is 2.21. The highest BCUT2D eigenvalue weighted by Crippen LogP contribution is 2.25. The van der Waals surface area contributed by atoms with Crippen LogP contribution >= 0.6 is 24.8 Å². The minimum atomic E-state index is -0.211. The van der Waals surface area contributed by atoms with Gasteiger partial charge in [-0.2, -0.15) is 0 Å². The molecule has 3 rings (SSSR count). The predicted molar refractivity (Wildman–Crippen MR) is 104 cm³/mol. The zero-order chi connectivity index (χ0) is 15.5. The van der Waals surface area contributed by atoms with E-state index in [0.717, 1.165) is 30.7 Å². The van der Waals surface area contributed by atoms with Crippen LogP contribution in [-0.4, -0.2) is 37.3 Å². The summed E-state index contributed by atoms with van der Waals surface area (Å²) in [5.41, 5.74) is 4.49. The van der Waals surface area contributed by atoms with Gasteiger partial charge in [0.25, 0.3) is 0 Å². The largest absolute Gasteiger partial charge is 0.309 e. The fourth-order valence-electron chi connectivity index (χ4n) is 2.89. The van der Waals surface area contributed by atoms with Crippen LogP contribution in [0.1, 0.15) is 23.1 Å². The van der Waals surface area contributed by atoms with E-state index in [1.165, 1.54) is 23.3 Å². The molecule has 0 bridgehead atoms. The molecule has 0 radical (unpaired) electrons. The lowest BCUT2D eigenvalue weighted by Gasteiger charge is -2.24. The SMILES string of the molecule is CN(C)CCC1Cc2ccccc2C(c2ccc(F)cc2)=N1.Cl.Cl. The fraction of sp³-hybridized carbons (Fsp3) is 0.316. The molecule has 5 heteroatoms. The minimum absolute atomic E-state index is 0. The number of aliphatic imine (C=N–C) groups is 1. The van der Waals surface area contributed by atoms with E-state index >= 15 is 0 Å². The summed E-state index contributed by atoms with van der Waals surface area (Å²) < 4.78 is 13.2. The van der Waals surface area contributed by atoms with Crippen molar-refractivity contribution in [3.05, 3.63) is 71.0 Å². The van der Waals surface area contributed by atoms with Crippen molar-refractivity contribution in [2.24, 2.45) is 4.99 Å². The summed E-state index contributed by atoms with van der Waals surface area (Å²) in [6.07, 6.45) is 2.01. The lowest BCUT2D eigenvalue weighted by molar-refractivity contribution is 0.379. The average molecular weight is 369 g/mol. The van der Waals surface area contributed by atoms with Crippen LogP contribution in [0.5, 0.6) is 0 Å². The molecule has 0 aliphatic carbocycles. The lowest BCUT2D eigenvalue weighted by atomic mass is 9.89. The van der Waals surface area contributed by atoms with E-state index in [0.29, 0.717) is 0 Å². The van der Waals surface area contributed by atoms with Crippen molar-refractivity contribution in [1.82, 2.24) is 4.90 Å². The summed E-state index contributed by atoms with van der Waals surface area (Å²) in [5, 5.41) is 0. The second-order valence-electron chi connectivity index (χ2n) is 6.09. The van der Waals surface area contributed by atoms with Gasteiger partial charge >= 0.3 is 0 Å². The van der Waals surface area contributed by atoms with Crippen molar-refractivity contribution in [3.8, 4) is 0 Å². The predicted octanol–water partition coefficient (Wildman–Crippen LogP) is 4.38. The summed E-state index contributed by atoms with van der Waals surface area (Å²) in [4.78, 5) is 7.15. The fourth-order valence-corrected chi connectivity index (χ4v) is 2.89. The van der Waals surface area contributed by atoms with Crippen molar-refractivity contribution in [3.63, 3.8) is 0 Å². The second kappa shape index (κ2) is 9.16. The maximum atomic E-state index is 13.2. The monoisotopic (exact) mass is 368 g/mol. The molecular formula is C19H23Cl2FN2. The van der Waals surface area contributed by atoms with Crippen molar-refractivity contribution in [2.45, 2.75) is 18.9 Å². The molecule has 1 heterocycles. The molecule has 0 spiro atoms. The van der Waals surface area contributed by atoms with Crippen LogP contribution in [0, 0.1) is 5.82 Å². The molecule has 0 saturated carbocycles. The Bertz CT molecular complexity index is 684. The van der Waals surface area contributed by atoms with Gasteiger partial charge in [0, 0.05) is 11.1 Å². The molecular weight excluding hydrogens is 346 g/mol. The van der Waals surface area contributed by atoms with Gasteiger partial charge in [-0.05, 0) is 63.3 Å². The van der Waals surface area contributed by atoms with Crippen molar-refractivity contribution < 1.29 is 4.39 Å². The van der Waals surface area contributed by atoms with Gasteiger partial charge in [-0.1, -0.05) is 24.3 Å². The Kier molecular flexibility index (Phi) is 7.88. The Morgan fingerprint density at radius 3 is 2.38 bits per heavy atom. The highest BCUT2D eigenvalue weighted by molar-refractivity contribution is 6.14. The summed E-state index contributed by atoms with van der Waals surface area (Å²) in [6.45, 7) is 1.02. The minimum Gasteiger partial charge on any atom is -0.309 e. The molecule has 24 heavy (non-hydrogen) atoms. The van der Waals surface area contributed by atoms with E-state index in [2.05, 4.69) is 37.2 Å². The summed E-state index contributed by atoms with van der Waals surface area (Å²) in [5.74, 6) is -0.211.